The quantitative estimate of drug-likeness (QED) is 0.813. The fourth-order valence-electron chi connectivity index (χ4n) is 2.62. The van der Waals surface area contributed by atoms with Crippen LogP contribution in [0.2, 0.25) is 0 Å². The SMILES string of the molecule is CCSCC(C)N1C(=O)C(CC)(CC)NC(=O)C1C. The minimum absolute atomic E-state index is 0.0309. The Morgan fingerprint density at radius 2 is 1.89 bits per heavy atom. The van der Waals surface area contributed by atoms with E-state index in [4.69, 9.17) is 0 Å². The van der Waals surface area contributed by atoms with Crippen molar-refractivity contribution in [2.24, 2.45) is 0 Å². The molecule has 0 aromatic heterocycles. The number of hydrogen-bond donors (Lipinski definition) is 1. The topological polar surface area (TPSA) is 49.4 Å². The summed E-state index contributed by atoms with van der Waals surface area (Å²) in [7, 11) is 0. The fraction of sp³-hybridized carbons (Fsp3) is 0.857. The van der Waals surface area contributed by atoms with Crippen LogP contribution in [0.3, 0.4) is 0 Å². The maximum Gasteiger partial charge on any atom is 0.249 e. The lowest BCUT2D eigenvalue weighted by atomic mass is 9.86. The Morgan fingerprint density at radius 1 is 1.32 bits per heavy atom. The molecule has 0 saturated carbocycles. The summed E-state index contributed by atoms with van der Waals surface area (Å²) < 4.78 is 0. The van der Waals surface area contributed by atoms with E-state index >= 15 is 0 Å². The minimum atomic E-state index is -0.700. The second-order valence-electron chi connectivity index (χ2n) is 5.18. The van der Waals surface area contributed by atoms with Gasteiger partial charge in [-0.2, -0.15) is 11.8 Å². The maximum atomic E-state index is 12.8. The molecule has 5 heteroatoms. The molecule has 0 aromatic carbocycles. The average Bonchev–Trinajstić information content (AvgIpc) is 2.41. The van der Waals surface area contributed by atoms with Gasteiger partial charge in [0.05, 0.1) is 0 Å². The van der Waals surface area contributed by atoms with Crippen LogP contribution in [0.4, 0.5) is 0 Å². The molecule has 0 aromatic rings. The van der Waals surface area contributed by atoms with Crippen molar-refractivity contribution in [2.45, 2.75) is 65.1 Å². The van der Waals surface area contributed by atoms with Gasteiger partial charge in [0.1, 0.15) is 11.6 Å². The highest BCUT2D eigenvalue weighted by molar-refractivity contribution is 7.99. The van der Waals surface area contributed by atoms with Crippen LogP contribution in [0.5, 0.6) is 0 Å². The van der Waals surface area contributed by atoms with Crippen LogP contribution in [0.25, 0.3) is 0 Å². The van der Waals surface area contributed by atoms with Crippen molar-refractivity contribution in [2.75, 3.05) is 11.5 Å². The Bertz CT molecular complexity index is 342. The number of piperazine rings is 1. The highest BCUT2D eigenvalue weighted by atomic mass is 32.2. The van der Waals surface area contributed by atoms with Crippen LogP contribution in [0.15, 0.2) is 0 Å². The van der Waals surface area contributed by atoms with Crippen LogP contribution in [-0.2, 0) is 9.59 Å². The molecule has 2 atom stereocenters. The van der Waals surface area contributed by atoms with Gasteiger partial charge in [0, 0.05) is 11.8 Å². The molecule has 1 fully saturated rings. The zero-order valence-electron chi connectivity index (χ0n) is 12.7. The van der Waals surface area contributed by atoms with Crippen molar-refractivity contribution >= 4 is 23.6 Å². The largest absolute Gasteiger partial charge is 0.340 e. The van der Waals surface area contributed by atoms with Gasteiger partial charge in [-0.3, -0.25) is 9.59 Å². The molecule has 0 bridgehead atoms. The molecule has 110 valence electrons. The first-order chi connectivity index (χ1) is 8.93. The number of hydrogen-bond acceptors (Lipinski definition) is 3. The van der Waals surface area contributed by atoms with E-state index in [1.165, 1.54) is 0 Å². The fourth-order valence-corrected chi connectivity index (χ4v) is 3.36. The predicted octanol–water partition coefficient (Wildman–Crippen LogP) is 2.03. The smallest absolute Gasteiger partial charge is 0.249 e. The molecule has 1 N–H and O–H groups in total. The first-order valence-corrected chi connectivity index (χ1v) is 8.31. The molecule has 0 radical (unpaired) electrons. The molecule has 2 amide bonds. The Morgan fingerprint density at radius 3 is 2.37 bits per heavy atom. The zero-order chi connectivity index (χ0) is 14.6. The second-order valence-corrected chi connectivity index (χ2v) is 6.49. The minimum Gasteiger partial charge on any atom is -0.340 e. The predicted molar refractivity (Wildman–Crippen MR) is 80.2 cm³/mol. The van der Waals surface area contributed by atoms with Crippen molar-refractivity contribution in [3.63, 3.8) is 0 Å². The third kappa shape index (κ3) is 3.07. The van der Waals surface area contributed by atoms with Crippen LogP contribution in [-0.4, -0.2) is 45.8 Å². The molecular formula is C14H26N2O2S. The number of amides is 2. The van der Waals surface area contributed by atoms with E-state index in [9.17, 15) is 9.59 Å². The normalized spacial score (nSPS) is 24.3. The Balaban J connectivity index is 2.99. The van der Waals surface area contributed by atoms with E-state index in [1.54, 1.807) is 16.7 Å². The first-order valence-electron chi connectivity index (χ1n) is 7.16. The Kier molecular flexibility index (Phi) is 5.71. The molecule has 1 heterocycles. The number of thioether (sulfide) groups is 1. The first kappa shape index (κ1) is 16.3. The second kappa shape index (κ2) is 6.64. The standard InChI is InChI=1S/C14H26N2O2S/c1-6-14(7-2)13(18)16(10(4)9-19-8-3)11(5)12(17)15-14/h10-11H,6-9H2,1-5H3,(H,15,17). The van der Waals surface area contributed by atoms with E-state index < -0.39 is 5.54 Å². The van der Waals surface area contributed by atoms with Crippen molar-refractivity contribution in [1.82, 2.24) is 10.2 Å². The molecule has 0 spiro atoms. The van der Waals surface area contributed by atoms with E-state index in [0.717, 1.165) is 11.5 Å². The van der Waals surface area contributed by atoms with Gasteiger partial charge in [0.25, 0.3) is 0 Å². The van der Waals surface area contributed by atoms with Gasteiger partial charge in [0.2, 0.25) is 11.8 Å². The van der Waals surface area contributed by atoms with Gasteiger partial charge in [-0.1, -0.05) is 20.8 Å². The monoisotopic (exact) mass is 286 g/mol. The lowest BCUT2D eigenvalue weighted by Crippen LogP contribution is -2.71. The lowest BCUT2D eigenvalue weighted by Gasteiger charge is -2.47. The summed E-state index contributed by atoms with van der Waals surface area (Å²) in [5.41, 5.74) is -0.700. The summed E-state index contributed by atoms with van der Waals surface area (Å²) in [4.78, 5) is 26.7. The Hall–Kier alpha value is -0.710. The van der Waals surface area contributed by atoms with Crippen molar-refractivity contribution in [3.05, 3.63) is 0 Å². The number of rotatable bonds is 6. The van der Waals surface area contributed by atoms with Crippen LogP contribution >= 0.6 is 11.8 Å². The van der Waals surface area contributed by atoms with E-state index in [0.29, 0.717) is 12.8 Å². The molecule has 0 aliphatic carbocycles. The van der Waals surface area contributed by atoms with E-state index in [-0.39, 0.29) is 23.9 Å². The summed E-state index contributed by atoms with van der Waals surface area (Å²) in [5, 5.41) is 2.93. The highest BCUT2D eigenvalue weighted by Crippen LogP contribution is 2.27. The summed E-state index contributed by atoms with van der Waals surface area (Å²) in [6.45, 7) is 9.87. The highest BCUT2D eigenvalue weighted by Gasteiger charge is 2.48. The summed E-state index contributed by atoms with van der Waals surface area (Å²) in [6, 6.07) is -0.276. The third-order valence-electron chi connectivity index (χ3n) is 4.05. The zero-order valence-corrected chi connectivity index (χ0v) is 13.5. The lowest BCUT2D eigenvalue weighted by molar-refractivity contribution is -0.156. The molecule has 1 aliphatic heterocycles. The molecule has 2 unspecified atom stereocenters. The van der Waals surface area contributed by atoms with Gasteiger partial charge >= 0.3 is 0 Å². The maximum absolute atomic E-state index is 12.8. The summed E-state index contributed by atoms with van der Waals surface area (Å²) in [6.07, 6.45) is 1.29. The third-order valence-corrected chi connectivity index (χ3v) is 5.17. The van der Waals surface area contributed by atoms with Crippen molar-refractivity contribution < 1.29 is 9.59 Å². The van der Waals surface area contributed by atoms with Crippen molar-refractivity contribution in [3.8, 4) is 0 Å². The summed E-state index contributed by atoms with van der Waals surface area (Å²) in [5.74, 6) is 1.95. The Labute approximate surface area is 120 Å². The molecule has 1 aliphatic rings. The van der Waals surface area contributed by atoms with Crippen LogP contribution < -0.4 is 5.32 Å². The number of nitrogens with one attached hydrogen (secondary N) is 1. The van der Waals surface area contributed by atoms with Crippen LogP contribution in [0, 0.1) is 0 Å². The van der Waals surface area contributed by atoms with E-state index in [1.807, 2.05) is 27.7 Å². The number of nitrogens with zero attached hydrogens (tertiary/aromatic N) is 1. The average molecular weight is 286 g/mol. The van der Waals surface area contributed by atoms with Gasteiger partial charge in [-0.25, -0.2) is 0 Å². The van der Waals surface area contributed by atoms with Crippen LogP contribution in [0.1, 0.15) is 47.5 Å². The molecule has 4 nitrogen and oxygen atoms in total. The van der Waals surface area contributed by atoms with Gasteiger partial charge in [0.15, 0.2) is 0 Å². The van der Waals surface area contributed by atoms with Crippen molar-refractivity contribution in [1.29, 1.82) is 0 Å². The number of carbonyl (C=O) groups excluding carboxylic acids is 2. The number of carbonyl (C=O) groups is 2. The summed E-state index contributed by atoms with van der Waals surface area (Å²) >= 11 is 1.80. The molecule has 1 saturated heterocycles. The molecular weight excluding hydrogens is 260 g/mol. The molecule has 19 heavy (non-hydrogen) atoms. The van der Waals surface area contributed by atoms with Gasteiger partial charge < -0.3 is 10.2 Å². The van der Waals surface area contributed by atoms with Gasteiger partial charge in [-0.15, -0.1) is 0 Å². The van der Waals surface area contributed by atoms with Gasteiger partial charge in [-0.05, 0) is 32.4 Å². The van der Waals surface area contributed by atoms with E-state index in [2.05, 4.69) is 12.2 Å². The molecule has 1 rings (SSSR count).